The fraction of sp³-hybridized carbons (Fsp3) is 0.484. The number of thiophene rings is 1. The summed E-state index contributed by atoms with van der Waals surface area (Å²) in [6, 6.07) is 7.90. The molecule has 39 heavy (non-hydrogen) atoms. The number of imide groups is 1. The number of allylic oxidation sites excluding steroid dienone is 2. The monoisotopic (exact) mass is 547 g/mol. The van der Waals surface area contributed by atoms with Gasteiger partial charge in [0, 0.05) is 4.88 Å². The SMILES string of the molecule is CCC1=C2[C@@H](CC/C(=C/c3cc(C)c(O)c(C)c3)CC)OB(O)C[C@@H]2[C@@H]2C(=O)N(Cc3cccs3)C(=O)[C@@H]2C1. The molecule has 2 saturated heterocycles. The second kappa shape index (κ2) is 11.4. The molecule has 0 spiro atoms. The number of aryl methyl sites for hydroxylation is 2. The number of nitrogens with zero attached hydrogens (tertiary/aromatic N) is 1. The number of likely N-dealkylation sites (tertiary alicyclic amines) is 1. The lowest BCUT2D eigenvalue weighted by Crippen LogP contribution is -2.46. The summed E-state index contributed by atoms with van der Waals surface area (Å²) in [6.45, 7) is 8.40. The van der Waals surface area contributed by atoms with Crippen molar-refractivity contribution in [2.75, 3.05) is 0 Å². The Balaban J connectivity index is 1.39. The molecule has 1 aromatic carbocycles. The van der Waals surface area contributed by atoms with Crippen LogP contribution in [0.3, 0.4) is 0 Å². The number of benzene rings is 1. The van der Waals surface area contributed by atoms with Crippen LogP contribution >= 0.6 is 11.3 Å². The summed E-state index contributed by atoms with van der Waals surface area (Å²) in [5.41, 5.74) is 6.41. The van der Waals surface area contributed by atoms with E-state index in [4.69, 9.17) is 4.65 Å². The van der Waals surface area contributed by atoms with Crippen LogP contribution in [0.4, 0.5) is 0 Å². The zero-order valence-electron chi connectivity index (χ0n) is 23.3. The quantitative estimate of drug-likeness (QED) is 0.239. The van der Waals surface area contributed by atoms with Gasteiger partial charge in [-0.1, -0.05) is 37.1 Å². The lowest BCUT2D eigenvalue weighted by atomic mass is 9.58. The first-order chi connectivity index (χ1) is 18.7. The van der Waals surface area contributed by atoms with Gasteiger partial charge in [-0.05, 0) is 104 Å². The molecular formula is C31H38BNO5S. The number of aromatic hydroxyl groups is 1. The fourth-order valence-corrected chi connectivity index (χ4v) is 7.55. The number of rotatable bonds is 8. The molecule has 2 aromatic rings. The number of hydrogen-bond donors (Lipinski definition) is 2. The molecule has 3 heterocycles. The first kappa shape index (κ1) is 27.9. The van der Waals surface area contributed by atoms with E-state index >= 15 is 0 Å². The molecule has 0 saturated carbocycles. The highest BCUT2D eigenvalue weighted by atomic mass is 32.1. The molecule has 2 amide bonds. The van der Waals surface area contributed by atoms with Gasteiger partial charge in [-0.15, -0.1) is 11.3 Å². The standard InChI is InChI=1S/C31H38BNO5S/c1-5-20(14-21-12-18(3)29(34)19(4)13-21)9-10-26-27-22(6-2)15-24-28(25(27)16-32(37)38-26)31(36)33(30(24)35)17-23-8-7-11-39-23/h7-8,11-14,24-26,28,34,37H,5-6,9-10,15-17H2,1-4H3/b20-14+/t24-,25+,26-,28-/m1/s1. The van der Waals surface area contributed by atoms with Crippen LogP contribution in [0.2, 0.25) is 6.32 Å². The van der Waals surface area contributed by atoms with Crippen LogP contribution in [0.15, 0.2) is 46.4 Å². The Bertz CT molecular complexity index is 1290. The van der Waals surface area contributed by atoms with Crippen molar-refractivity contribution in [2.45, 2.75) is 78.8 Å². The van der Waals surface area contributed by atoms with Crippen LogP contribution in [0.1, 0.15) is 67.5 Å². The van der Waals surface area contributed by atoms with Crippen molar-refractivity contribution in [3.63, 3.8) is 0 Å². The van der Waals surface area contributed by atoms with Gasteiger partial charge in [-0.25, -0.2) is 0 Å². The number of amides is 2. The van der Waals surface area contributed by atoms with Crippen LogP contribution in [-0.2, 0) is 20.8 Å². The summed E-state index contributed by atoms with van der Waals surface area (Å²) < 4.78 is 6.14. The molecule has 1 aromatic heterocycles. The summed E-state index contributed by atoms with van der Waals surface area (Å²) in [5.74, 6) is -0.780. The third-order valence-electron chi connectivity index (χ3n) is 8.79. The van der Waals surface area contributed by atoms with Crippen LogP contribution in [0.5, 0.6) is 5.75 Å². The van der Waals surface area contributed by atoms with E-state index < -0.39 is 13.0 Å². The molecule has 1 aliphatic carbocycles. The number of carbonyl (C=O) groups is 2. The number of hydrogen-bond acceptors (Lipinski definition) is 6. The topological polar surface area (TPSA) is 87.1 Å². The molecule has 8 heteroatoms. The van der Waals surface area contributed by atoms with E-state index in [1.807, 2.05) is 43.5 Å². The Labute approximate surface area is 235 Å². The van der Waals surface area contributed by atoms with Crippen molar-refractivity contribution < 1.29 is 24.4 Å². The van der Waals surface area contributed by atoms with E-state index in [0.29, 0.717) is 31.5 Å². The van der Waals surface area contributed by atoms with Crippen molar-refractivity contribution in [3.05, 3.63) is 67.9 Å². The Hall–Kier alpha value is -2.68. The number of carbonyl (C=O) groups excluding carboxylic acids is 2. The van der Waals surface area contributed by atoms with E-state index in [1.165, 1.54) is 16.0 Å². The highest BCUT2D eigenvalue weighted by molar-refractivity contribution is 7.09. The third kappa shape index (κ3) is 5.39. The van der Waals surface area contributed by atoms with Gasteiger partial charge in [-0.3, -0.25) is 14.5 Å². The second-order valence-corrected chi connectivity index (χ2v) is 12.2. The zero-order valence-corrected chi connectivity index (χ0v) is 24.1. The molecule has 4 atom stereocenters. The summed E-state index contributed by atoms with van der Waals surface area (Å²) in [6.07, 6.45) is 6.05. The summed E-state index contributed by atoms with van der Waals surface area (Å²) in [7, 11) is -0.952. The Morgan fingerprint density at radius 1 is 1.18 bits per heavy atom. The van der Waals surface area contributed by atoms with Crippen molar-refractivity contribution in [3.8, 4) is 5.75 Å². The summed E-state index contributed by atoms with van der Waals surface area (Å²) in [5, 5.41) is 22.9. The Morgan fingerprint density at radius 2 is 1.92 bits per heavy atom. The maximum atomic E-state index is 13.7. The molecular weight excluding hydrogens is 509 g/mol. The smallest absolute Gasteiger partial charge is 0.455 e. The lowest BCUT2D eigenvalue weighted by molar-refractivity contribution is -0.140. The minimum Gasteiger partial charge on any atom is -0.507 e. The summed E-state index contributed by atoms with van der Waals surface area (Å²) >= 11 is 1.56. The van der Waals surface area contributed by atoms with Gasteiger partial charge in [0.2, 0.25) is 11.8 Å². The highest BCUT2D eigenvalue weighted by Crippen LogP contribution is 2.51. The third-order valence-corrected chi connectivity index (χ3v) is 9.65. The first-order valence-electron chi connectivity index (χ1n) is 14.1. The van der Waals surface area contributed by atoms with Crippen LogP contribution in [0, 0.1) is 31.6 Å². The second-order valence-electron chi connectivity index (χ2n) is 11.2. The molecule has 206 valence electrons. The van der Waals surface area contributed by atoms with Crippen molar-refractivity contribution in [1.82, 2.24) is 4.90 Å². The van der Waals surface area contributed by atoms with Crippen LogP contribution < -0.4 is 0 Å². The molecule has 0 unspecified atom stereocenters. The van der Waals surface area contributed by atoms with Crippen LogP contribution in [-0.4, -0.2) is 40.1 Å². The predicted molar refractivity (Wildman–Crippen MR) is 155 cm³/mol. The Kier molecular flexibility index (Phi) is 8.17. The van der Waals surface area contributed by atoms with E-state index in [2.05, 4.69) is 19.9 Å². The predicted octanol–water partition coefficient (Wildman–Crippen LogP) is 6.05. The number of phenols is 1. The molecule has 2 N–H and O–H groups in total. The summed E-state index contributed by atoms with van der Waals surface area (Å²) in [4.78, 5) is 29.6. The zero-order chi connectivity index (χ0) is 27.8. The van der Waals surface area contributed by atoms with Crippen molar-refractivity contribution >= 4 is 36.3 Å². The maximum Gasteiger partial charge on any atom is 0.455 e. The Morgan fingerprint density at radius 3 is 2.56 bits per heavy atom. The van der Waals surface area contributed by atoms with E-state index in [-0.39, 0.29) is 29.8 Å². The maximum absolute atomic E-state index is 13.7. The number of fused-ring (bicyclic) bond motifs is 3. The van der Waals surface area contributed by atoms with Gasteiger partial charge in [0.05, 0.1) is 24.5 Å². The van der Waals surface area contributed by atoms with Gasteiger partial charge in [0.1, 0.15) is 5.75 Å². The van der Waals surface area contributed by atoms with E-state index in [1.54, 1.807) is 11.3 Å². The molecule has 5 rings (SSSR count). The van der Waals surface area contributed by atoms with Gasteiger partial charge in [-0.2, -0.15) is 0 Å². The molecule has 2 aliphatic heterocycles. The first-order valence-corrected chi connectivity index (χ1v) is 15.0. The van der Waals surface area contributed by atoms with E-state index in [9.17, 15) is 19.7 Å². The average Bonchev–Trinajstić information content (AvgIpc) is 3.51. The normalized spacial score (nSPS) is 25.4. The molecule has 0 radical (unpaired) electrons. The van der Waals surface area contributed by atoms with Crippen LogP contribution in [0.25, 0.3) is 6.08 Å². The minimum atomic E-state index is -0.952. The highest BCUT2D eigenvalue weighted by Gasteiger charge is 2.57. The largest absolute Gasteiger partial charge is 0.507 e. The van der Waals surface area contributed by atoms with Gasteiger partial charge in [0.15, 0.2) is 0 Å². The number of phenolic OH excluding ortho intramolecular Hbond substituents is 1. The van der Waals surface area contributed by atoms with E-state index in [0.717, 1.165) is 46.4 Å². The lowest BCUT2D eigenvalue weighted by Gasteiger charge is -2.43. The van der Waals surface area contributed by atoms with Gasteiger partial charge in [0.25, 0.3) is 0 Å². The van der Waals surface area contributed by atoms with Crippen molar-refractivity contribution in [2.24, 2.45) is 17.8 Å². The fourth-order valence-electron chi connectivity index (χ4n) is 6.86. The average molecular weight is 548 g/mol. The molecule has 0 bridgehead atoms. The minimum absolute atomic E-state index is 0.0726. The van der Waals surface area contributed by atoms with Gasteiger partial charge >= 0.3 is 7.12 Å². The molecule has 6 nitrogen and oxygen atoms in total. The molecule has 2 fully saturated rings. The van der Waals surface area contributed by atoms with Gasteiger partial charge < -0.3 is 14.8 Å². The molecule has 3 aliphatic rings. The van der Waals surface area contributed by atoms with Crippen molar-refractivity contribution in [1.29, 1.82) is 0 Å².